The van der Waals surface area contributed by atoms with Crippen LogP contribution in [-0.4, -0.2) is 45.7 Å². The summed E-state index contributed by atoms with van der Waals surface area (Å²) < 4.78 is 2.02. The fourth-order valence-electron chi connectivity index (χ4n) is 2.33. The van der Waals surface area contributed by atoms with E-state index >= 15 is 0 Å². The minimum atomic E-state index is -0.603. The number of rotatable bonds is 6. The zero-order valence-electron chi connectivity index (χ0n) is 14.8. The molecule has 0 radical (unpaired) electrons. The monoisotopic (exact) mass is 351 g/mol. The Balaban J connectivity index is 1.98. The van der Waals surface area contributed by atoms with Gasteiger partial charge in [-0.15, -0.1) is 11.3 Å². The van der Waals surface area contributed by atoms with E-state index in [1.165, 1.54) is 4.88 Å². The lowest BCUT2D eigenvalue weighted by Crippen LogP contribution is -2.47. The quantitative estimate of drug-likeness (QED) is 0.814. The van der Waals surface area contributed by atoms with Crippen LogP contribution in [0.4, 0.5) is 0 Å². The second-order valence-corrected chi connectivity index (χ2v) is 7.59. The van der Waals surface area contributed by atoms with Gasteiger partial charge in [0.15, 0.2) is 4.96 Å². The van der Waals surface area contributed by atoms with Crippen molar-refractivity contribution in [1.29, 1.82) is 0 Å². The number of nitrogens with two attached hydrogens (primary N) is 1. The van der Waals surface area contributed by atoms with Crippen LogP contribution in [0.15, 0.2) is 6.20 Å². The van der Waals surface area contributed by atoms with E-state index in [1.807, 2.05) is 38.3 Å². The largest absolute Gasteiger partial charge is 0.346 e. The summed E-state index contributed by atoms with van der Waals surface area (Å²) in [5, 5.41) is 2.60. The van der Waals surface area contributed by atoms with Gasteiger partial charge in [0.1, 0.15) is 0 Å². The van der Waals surface area contributed by atoms with Crippen LogP contribution in [0, 0.1) is 19.8 Å². The molecule has 7 nitrogen and oxygen atoms in total. The Bertz CT molecular complexity index is 749. The average Bonchev–Trinajstić information content (AvgIpc) is 3.00. The SMILES string of the molecule is Cc1cn2c(CN(C)C(=O)CNC(=O)[C@@H](N)C(C)C)c(C)nc2s1. The number of aryl methyl sites for hydroxylation is 2. The molecule has 2 rings (SSSR count). The topological polar surface area (TPSA) is 92.7 Å². The van der Waals surface area contributed by atoms with E-state index < -0.39 is 6.04 Å². The molecule has 1 atom stereocenters. The summed E-state index contributed by atoms with van der Waals surface area (Å²) in [5.41, 5.74) is 7.66. The zero-order chi connectivity index (χ0) is 18.0. The average molecular weight is 351 g/mol. The molecule has 0 saturated heterocycles. The molecule has 0 saturated carbocycles. The highest BCUT2D eigenvalue weighted by atomic mass is 32.1. The number of aromatic nitrogens is 2. The van der Waals surface area contributed by atoms with Gasteiger partial charge in [0, 0.05) is 18.1 Å². The van der Waals surface area contributed by atoms with Crippen LogP contribution in [0.1, 0.15) is 30.1 Å². The maximum atomic E-state index is 12.3. The van der Waals surface area contributed by atoms with Crippen LogP contribution in [0.25, 0.3) is 4.96 Å². The van der Waals surface area contributed by atoms with E-state index in [-0.39, 0.29) is 24.3 Å². The molecule has 0 bridgehead atoms. The molecule has 2 amide bonds. The number of imidazole rings is 1. The van der Waals surface area contributed by atoms with Gasteiger partial charge in [-0.05, 0) is 19.8 Å². The standard InChI is InChI=1S/C16H25N5O2S/c1-9(2)14(17)15(23)18-6-13(22)20(5)8-12-11(4)19-16-21(12)7-10(3)24-16/h7,9,14H,6,8,17H2,1-5H3,(H,18,23)/t14-/m0/s1. The van der Waals surface area contributed by atoms with Gasteiger partial charge in [-0.1, -0.05) is 13.8 Å². The number of thiazole rings is 1. The number of nitrogens with one attached hydrogen (secondary N) is 1. The van der Waals surface area contributed by atoms with Crippen LogP contribution in [0.5, 0.6) is 0 Å². The highest BCUT2D eigenvalue weighted by Crippen LogP contribution is 2.21. The van der Waals surface area contributed by atoms with E-state index in [1.54, 1.807) is 23.3 Å². The highest BCUT2D eigenvalue weighted by Gasteiger charge is 2.20. The summed E-state index contributed by atoms with van der Waals surface area (Å²) in [4.78, 5) is 32.3. The molecule has 8 heteroatoms. The van der Waals surface area contributed by atoms with Gasteiger partial charge in [-0.3, -0.25) is 14.0 Å². The van der Waals surface area contributed by atoms with Crippen molar-refractivity contribution in [3.63, 3.8) is 0 Å². The van der Waals surface area contributed by atoms with Gasteiger partial charge in [-0.2, -0.15) is 0 Å². The van der Waals surface area contributed by atoms with E-state index in [2.05, 4.69) is 10.3 Å². The summed E-state index contributed by atoms with van der Waals surface area (Å²) in [5.74, 6) is -0.439. The molecule has 3 N–H and O–H groups in total. The van der Waals surface area contributed by atoms with Gasteiger partial charge < -0.3 is 16.0 Å². The van der Waals surface area contributed by atoms with Crippen molar-refractivity contribution in [3.8, 4) is 0 Å². The molecule has 2 aromatic heterocycles. The first kappa shape index (κ1) is 18.4. The van der Waals surface area contributed by atoms with Gasteiger partial charge >= 0.3 is 0 Å². The summed E-state index contributed by atoms with van der Waals surface area (Å²) in [6.07, 6.45) is 2.02. The summed E-state index contributed by atoms with van der Waals surface area (Å²) in [6, 6.07) is -0.603. The molecule has 132 valence electrons. The summed E-state index contributed by atoms with van der Waals surface area (Å²) >= 11 is 1.62. The predicted molar refractivity (Wildman–Crippen MR) is 94.8 cm³/mol. The lowest BCUT2D eigenvalue weighted by Gasteiger charge is -2.19. The third kappa shape index (κ3) is 3.93. The number of carbonyl (C=O) groups is 2. The number of likely N-dealkylation sites (N-methyl/N-ethyl adjacent to an activating group) is 1. The van der Waals surface area contributed by atoms with Crippen LogP contribution in [0.3, 0.4) is 0 Å². The van der Waals surface area contributed by atoms with Gasteiger partial charge in [-0.25, -0.2) is 4.98 Å². The minimum Gasteiger partial charge on any atom is -0.346 e. The second kappa shape index (κ2) is 7.31. The Kier molecular flexibility index (Phi) is 5.61. The lowest BCUT2D eigenvalue weighted by molar-refractivity contribution is -0.132. The fourth-order valence-corrected chi connectivity index (χ4v) is 3.22. The van der Waals surface area contributed by atoms with Crippen molar-refractivity contribution in [1.82, 2.24) is 19.6 Å². The second-order valence-electron chi connectivity index (χ2n) is 6.38. The Morgan fingerprint density at radius 3 is 2.71 bits per heavy atom. The molecule has 0 aliphatic heterocycles. The number of carbonyl (C=O) groups excluding carboxylic acids is 2. The predicted octanol–water partition coefficient (Wildman–Crippen LogP) is 1.07. The number of nitrogens with zero attached hydrogens (tertiary/aromatic N) is 3. The number of fused-ring (bicyclic) bond motifs is 1. The molecule has 24 heavy (non-hydrogen) atoms. The maximum Gasteiger partial charge on any atom is 0.242 e. The van der Waals surface area contributed by atoms with Gasteiger partial charge in [0.05, 0.1) is 30.5 Å². The normalized spacial score (nSPS) is 12.6. The first-order valence-corrected chi connectivity index (χ1v) is 8.73. The molecule has 0 aliphatic carbocycles. The first-order chi connectivity index (χ1) is 11.2. The number of hydrogen-bond acceptors (Lipinski definition) is 5. The third-order valence-corrected chi connectivity index (χ3v) is 4.89. The molecule has 0 aliphatic rings. The van der Waals surface area contributed by atoms with Crippen LogP contribution >= 0.6 is 11.3 Å². The first-order valence-electron chi connectivity index (χ1n) is 7.92. The van der Waals surface area contributed by atoms with Gasteiger partial charge in [0.2, 0.25) is 11.8 Å². The molecule has 0 aromatic carbocycles. The summed E-state index contributed by atoms with van der Waals surface area (Å²) in [6.45, 7) is 8.09. The lowest BCUT2D eigenvalue weighted by atomic mass is 10.1. The Morgan fingerprint density at radius 2 is 2.08 bits per heavy atom. The van der Waals surface area contributed by atoms with Crippen molar-refractivity contribution < 1.29 is 9.59 Å². The van der Waals surface area contributed by atoms with E-state index in [0.29, 0.717) is 6.54 Å². The van der Waals surface area contributed by atoms with Crippen molar-refractivity contribution in [2.24, 2.45) is 11.7 Å². The summed E-state index contributed by atoms with van der Waals surface area (Å²) in [7, 11) is 1.72. The van der Waals surface area contributed by atoms with Crippen LogP contribution < -0.4 is 11.1 Å². The Morgan fingerprint density at radius 1 is 1.42 bits per heavy atom. The van der Waals surface area contributed by atoms with Crippen molar-refractivity contribution in [2.75, 3.05) is 13.6 Å². The highest BCUT2D eigenvalue weighted by molar-refractivity contribution is 7.17. The van der Waals surface area contributed by atoms with Crippen molar-refractivity contribution in [3.05, 3.63) is 22.5 Å². The minimum absolute atomic E-state index is 0.0300. The fraction of sp³-hybridized carbons (Fsp3) is 0.562. The molecular weight excluding hydrogens is 326 g/mol. The van der Waals surface area contributed by atoms with Crippen molar-refractivity contribution in [2.45, 2.75) is 40.3 Å². The molecular formula is C16H25N5O2S. The van der Waals surface area contributed by atoms with E-state index in [0.717, 1.165) is 16.3 Å². The molecule has 0 spiro atoms. The smallest absolute Gasteiger partial charge is 0.242 e. The van der Waals surface area contributed by atoms with Crippen molar-refractivity contribution >= 4 is 28.1 Å². The molecule has 2 aromatic rings. The maximum absolute atomic E-state index is 12.3. The third-order valence-electron chi connectivity index (χ3n) is 3.99. The Labute approximate surface area is 145 Å². The number of amides is 2. The van der Waals surface area contributed by atoms with Crippen LogP contribution in [-0.2, 0) is 16.1 Å². The molecule has 0 fully saturated rings. The van der Waals surface area contributed by atoms with Gasteiger partial charge in [0.25, 0.3) is 0 Å². The number of hydrogen-bond donors (Lipinski definition) is 2. The molecule has 2 heterocycles. The Hall–Kier alpha value is -1.93. The zero-order valence-corrected chi connectivity index (χ0v) is 15.6. The van der Waals surface area contributed by atoms with E-state index in [9.17, 15) is 9.59 Å². The van der Waals surface area contributed by atoms with E-state index in [4.69, 9.17) is 5.73 Å². The van der Waals surface area contributed by atoms with Crippen LogP contribution in [0.2, 0.25) is 0 Å². The molecule has 0 unspecified atom stereocenters.